The molecule has 0 atom stereocenters. The minimum atomic E-state index is -4.75. The maximum Gasteiger partial charge on any atom is 0.433 e. The van der Waals surface area contributed by atoms with Crippen molar-refractivity contribution in [2.75, 3.05) is 5.32 Å². The lowest BCUT2D eigenvalue weighted by molar-refractivity contribution is -0.140. The van der Waals surface area contributed by atoms with Gasteiger partial charge in [0, 0.05) is 5.39 Å². The number of carbonyl (C=O) groups is 2. The van der Waals surface area contributed by atoms with Gasteiger partial charge in [-0.05, 0) is 48.4 Å². The smallest absolute Gasteiger partial charge is 0.433 e. The van der Waals surface area contributed by atoms with Gasteiger partial charge in [-0.2, -0.15) is 13.2 Å². The largest absolute Gasteiger partial charge is 0.484 e. The fraction of sp³-hybridized carbons (Fsp3) is 0.107. The van der Waals surface area contributed by atoms with E-state index < -0.39 is 23.7 Å². The van der Waals surface area contributed by atoms with E-state index in [1.54, 1.807) is 42.5 Å². The van der Waals surface area contributed by atoms with Crippen LogP contribution in [-0.2, 0) is 12.8 Å². The van der Waals surface area contributed by atoms with Crippen LogP contribution in [-0.4, -0.2) is 16.8 Å². The molecule has 0 unspecified atom stereocenters. The van der Waals surface area contributed by atoms with E-state index in [0.29, 0.717) is 27.7 Å². The zero-order valence-electron chi connectivity index (χ0n) is 20.9. The highest BCUT2D eigenvalue weighted by Gasteiger charge is 2.35. The van der Waals surface area contributed by atoms with Crippen molar-refractivity contribution in [3.63, 3.8) is 0 Å². The fourth-order valence-electron chi connectivity index (χ4n) is 3.99. The van der Waals surface area contributed by atoms with E-state index in [0.717, 1.165) is 11.6 Å². The van der Waals surface area contributed by atoms with E-state index in [-0.39, 0.29) is 49.5 Å². The number of fused-ring (bicyclic) bond motifs is 1. The third-order valence-corrected chi connectivity index (χ3v) is 7.85. The molecule has 0 aliphatic carbocycles. The van der Waals surface area contributed by atoms with Gasteiger partial charge in [-0.1, -0.05) is 59.1 Å². The van der Waals surface area contributed by atoms with Crippen LogP contribution in [0.5, 0.6) is 5.75 Å². The van der Waals surface area contributed by atoms with Gasteiger partial charge in [-0.3, -0.25) is 9.59 Å². The third-order valence-electron chi connectivity index (χ3n) is 5.95. The Morgan fingerprint density at radius 3 is 2.51 bits per heavy atom. The SMILES string of the molecule is Cc1ccc(-c2cc(C(F)(F)F)nc3sc(C(N)=O)c(NC(=O)c4ccc(COc5cccc(Cl)c5Cl)o4)c23)cc1. The lowest BCUT2D eigenvalue weighted by Crippen LogP contribution is -2.16. The normalized spacial score (nSPS) is 11.6. The average molecular weight is 620 g/mol. The summed E-state index contributed by atoms with van der Waals surface area (Å²) in [5.74, 6) is -1.28. The van der Waals surface area contributed by atoms with E-state index >= 15 is 0 Å². The maximum atomic E-state index is 13.7. The highest BCUT2D eigenvalue weighted by molar-refractivity contribution is 7.21. The first kappa shape index (κ1) is 28.5. The molecule has 0 aliphatic heterocycles. The van der Waals surface area contributed by atoms with Crippen molar-refractivity contribution in [2.24, 2.45) is 5.73 Å². The van der Waals surface area contributed by atoms with Gasteiger partial charge in [0.05, 0.1) is 10.7 Å². The van der Waals surface area contributed by atoms with Gasteiger partial charge in [0.1, 0.15) is 38.5 Å². The Morgan fingerprint density at radius 1 is 1.10 bits per heavy atom. The second-order valence-corrected chi connectivity index (χ2v) is 10.6. The summed E-state index contributed by atoms with van der Waals surface area (Å²) in [6, 6.07) is 15.4. The Balaban J connectivity index is 1.51. The Bertz CT molecular complexity index is 1800. The van der Waals surface area contributed by atoms with Gasteiger partial charge in [0.15, 0.2) is 5.76 Å². The predicted molar refractivity (Wildman–Crippen MR) is 151 cm³/mol. The number of furan rings is 1. The number of nitrogens with two attached hydrogens (primary N) is 1. The number of hydrogen-bond donors (Lipinski definition) is 2. The molecule has 3 heterocycles. The summed E-state index contributed by atoms with van der Waals surface area (Å²) in [5, 5.41) is 3.25. The van der Waals surface area contributed by atoms with Crippen molar-refractivity contribution in [1.29, 1.82) is 0 Å². The number of hydrogen-bond acceptors (Lipinski definition) is 6. The molecule has 0 saturated heterocycles. The fourth-order valence-corrected chi connectivity index (χ4v) is 5.35. The van der Waals surface area contributed by atoms with E-state index in [2.05, 4.69) is 10.3 Å². The van der Waals surface area contributed by atoms with Crippen molar-refractivity contribution in [1.82, 2.24) is 4.98 Å². The first-order chi connectivity index (χ1) is 19.4. The number of nitrogens with one attached hydrogen (secondary N) is 1. The van der Waals surface area contributed by atoms with Gasteiger partial charge >= 0.3 is 6.18 Å². The van der Waals surface area contributed by atoms with E-state index in [1.807, 2.05) is 6.92 Å². The number of carbonyl (C=O) groups excluding carboxylic acids is 2. The molecule has 13 heteroatoms. The van der Waals surface area contributed by atoms with Crippen LogP contribution < -0.4 is 15.8 Å². The number of alkyl halides is 3. The van der Waals surface area contributed by atoms with Crippen LogP contribution in [0.15, 0.2) is 65.1 Å². The zero-order chi connectivity index (χ0) is 29.5. The highest BCUT2D eigenvalue weighted by atomic mass is 35.5. The Morgan fingerprint density at radius 2 is 1.83 bits per heavy atom. The summed E-state index contributed by atoms with van der Waals surface area (Å²) in [6.45, 7) is 1.75. The van der Waals surface area contributed by atoms with E-state index in [4.69, 9.17) is 38.1 Å². The molecule has 0 radical (unpaired) electrons. The first-order valence-electron chi connectivity index (χ1n) is 11.8. The number of thiophene rings is 1. The molecule has 0 saturated carbocycles. The minimum Gasteiger partial charge on any atom is -0.484 e. The van der Waals surface area contributed by atoms with Crippen LogP contribution in [0, 0.1) is 6.92 Å². The second-order valence-electron chi connectivity index (χ2n) is 8.83. The first-order valence-corrected chi connectivity index (χ1v) is 13.4. The molecule has 0 bridgehead atoms. The minimum absolute atomic E-state index is 0.0702. The van der Waals surface area contributed by atoms with Crippen molar-refractivity contribution in [3.8, 4) is 16.9 Å². The number of benzene rings is 2. The number of amides is 2. The number of halogens is 5. The molecule has 2 amide bonds. The van der Waals surface area contributed by atoms with Crippen molar-refractivity contribution in [3.05, 3.63) is 98.4 Å². The summed E-state index contributed by atoms with van der Waals surface area (Å²) in [7, 11) is 0. The number of aromatic nitrogens is 1. The molecular formula is C28H18Cl2F3N3O4S. The van der Waals surface area contributed by atoms with Gasteiger partial charge < -0.3 is 20.2 Å². The van der Waals surface area contributed by atoms with Crippen LogP contribution in [0.3, 0.4) is 0 Å². The van der Waals surface area contributed by atoms with Crippen molar-refractivity contribution >= 4 is 62.3 Å². The van der Waals surface area contributed by atoms with Gasteiger partial charge in [-0.15, -0.1) is 11.3 Å². The molecule has 5 aromatic rings. The van der Waals surface area contributed by atoms with Crippen LogP contribution in [0.4, 0.5) is 18.9 Å². The summed E-state index contributed by atoms with van der Waals surface area (Å²) in [6.07, 6.45) is -4.75. The molecule has 5 rings (SSSR count). The summed E-state index contributed by atoms with van der Waals surface area (Å²) < 4.78 is 52.4. The van der Waals surface area contributed by atoms with Crippen LogP contribution >= 0.6 is 34.5 Å². The number of primary amides is 1. The molecule has 0 fully saturated rings. The second kappa shape index (κ2) is 11.1. The highest BCUT2D eigenvalue weighted by Crippen LogP contribution is 2.44. The van der Waals surface area contributed by atoms with Crippen molar-refractivity contribution < 1.29 is 31.9 Å². The number of pyridine rings is 1. The summed E-state index contributed by atoms with van der Waals surface area (Å²) >= 11 is 12.8. The summed E-state index contributed by atoms with van der Waals surface area (Å²) in [5.41, 5.74) is 5.78. The lowest BCUT2D eigenvalue weighted by Gasteiger charge is -2.12. The number of ether oxygens (including phenoxy) is 1. The molecule has 7 nitrogen and oxygen atoms in total. The molecule has 0 spiro atoms. The lowest BCUT2D eigenvalue weighted by atomic mass is 10.00. The van der Waals surface area contributed by atoms with Crippen LogP contribution in [0.25, 0.3) is 21.3 Å². The maximum absolute atomic E-state index is 13.7. The van der Waals surface area contributed by atoms with Crippen LogP contribution in [0.2, 0.25) is 10.0 Å². The molecule has 2 aromatic carbocycles. The van der Waals surface area contributed by atoms with Gasteiger partial charge in [0.25, 0.3) is 11.8 Å². The van der Waals surface area contributed by atoms with Gasteiger partial charge in [-0.25, -0.2) is 4.98 Å². The molecule has 3 N–H and O–H groups in total. The van der Waals surface area contributed by atoms with Gasteiger partial charge in [0.2, 0.25) is 0 Å². The predicted octanol–water partition coefficient (Wildman–Crippen LogP) is 8.12. The topological polar surface area (TPSA) is 107 Å². The molecule has 0 aliphatic rings. The standard InChI is InChI=1S/C28H18Cl2F3N3O4S/c1-13-5-7-14(8-6-13)16-11-20(28(31,32)33)35-27-21(16)23(24(41-27)25(34)37)36-26(38)19-10-9-15(40-19)12-39-18-4-2-3-17(29)22(18)30/h2-11H,12H2,1H3,(H2,34,37)(H,36,38). The Kier molecular flexibility index (Phi) is 7.69. The summed E-state index contributed by atoms with van der Waals surface area (Å²) in [4.78, 5) is 29.0. The Hall–Kier alpha value is -4.06. The molecule has 41 heavy (non-hydrogen) atoms. The van der Waals surface area contributed by atoms with E-state index in [9.17, 15) is 22.8 Å². The van der Waals surface area contributed by atoms with Crippen molar-refractivity contribution in [2.45, 2.75) is 19.7 Å². The third kappa shape index (κ3) is 5.88. The molecular weight excluding hydrogens is 602 g/mol. The quantitative estimate of drug-likeness (QED) is 0.191. The number of anilines is 1. The zero-order valence-corrected chi connectivity index (χ0v) is 23.3. The monoisotopic (exact) mass is 619 g/mol. The number of nitrogens with zero attached hydrogens (tertiary/aromatic N) is 1. The molecule has 3 aromatic heterocycles. The van der Waals surface area contributed by atoms with E-state index in [1.165, 1.54) is 12.1 Å². The average Bonchev–Trinajstić information content (AvgIpc) is 3.54. The number of rotatable bonds is 7. The number of aryl methyl sites for hydroxylation is 1. The molecule has 210 valence electrons. The van der Waals surface area contributed by atoms with Crippen LogP contribution in [0.1, 0.15) is 37.2 Å². The Labute approximate surface area is 244 Å².